The first-order chi connectivity index (χ1) is 9.20. The van der Waals surface area contributed by atoms with Crippen molar-refractivity contribution >= 4 is 5.91 Å². The fraction of sp³-hybridized carbons (Fsp3) is 0.857. The van der Waals surface area contributed by atoms with E-state index in [4.69, 9.17) is 5.26 Å². The largest absolute Gasteiger partial charge is 0.340 e. The number of carbonyl (C=O) groups excluding carboxylic acids is 1. The molecule has 2 heterocycles. The van der Waals surface area contributed by atoms with E-state index in [-0.39, 0.29) is 5.92 Å². The third kappa shape index (κ3) is 3.92. The second-order valence-corrected chi connectivity index (χ2v) is 5.68. The quantitative estimate of drug-likeness (QED) is 0.740. The lowest BCUT2D eigenvalue weighted by molar-refractivity contribution is -0.138. The van der Waals surface area contributed by atoms with Crippen molar-refractivity contribution in [3.8, 4) is 6.07 Å². The number of hydrogen-bond donors (Lipinski definition) is 0. The Balaban J connectivity index is 1.83. The molecule has 2 aliphatic heterocycles. The van der Waals surface area contributed by atoms with Crippen LogP contribution in [0, 0.1) is 17.2 Å². The predicted octanol–water partition coefficient (Wildman–Crippen LogP) is 0.386. The van der Waals surface area contributed by atoms with Crippen molar-refractivity contribution in [2.75, 3.05) is 52.9 Å². The van der Waals surface area contributed by atoms with E-state index in [0.717, 1.165) is 58.7 Å². The number of piperazine rings is 1. The number of nitriles is 1. The number of nitrogens with zero attached hydrogens (tertiary/aromatic N) is 4. The monoisotopic (exact) mass is 264 g/mol. The Bertz CT molecular complexity index is 344. The SMILES string of the molecule is CN1CCN(C(=O)C2CCCN(CCC#N)C2)CC1. The van der Waals surface area contributed by atoms with E-state index >= 15 is 0 Å². The third-order valence-electron chi connectivity index (χ3n) is 4.21. The van der Waals surface area contributed by atoms with Gasteiger partial charge in [0.05, 0.1) is 12.0 Å². The molecular weight excluding hydrogens is 240 g/mol. The van der Waals surface area contributed by atoms with Crippen molar-refractivity contribution in [3.05, 3.63) is 0 Å². The van der Waals surface area contributed by atoms with Crippen molar-refractivity contribution in [3.63, 3.8) is 0 Å². The van der Waals surface area contributed by atoms with Crippen molar-refractivity contribution in [1.82, 2.24) is 14.7 Å². The Morgan fingerprint density at radius 3 is 2.68 bits per heavy atom. The number of rotatable bonds is 3. The smallest absolute Gasteiger partial charge is 0.227 e. The van der Waals surface area contributed by atoms with Crippen LogP contribution in [0.4, 0.5) is 0 Å². The van der Waals surface area contributed by atoms with Crippen LogP contribution in [0.15, 0.2) is 0 Å². The molecule has 5 heteroatoms. The molecule has 0 bridgehead atoms. The van der Waals surface area contributed by atoms with Crippen LogP contribution in [0.25, 0.3) is 0 Å². The van der Waals surface area contributed by atoms with Gasteiger partial charge in [0.25, 0.3) is 0 Å². The van der Waals surface area contributed by atoms with E-state index in [1.165, 1.54) is 0 Å². The van der Waals surface area contributed by atoms with Crippen molar-refractivity contribution in [2.45, 2.75) is 19.3 Å². The van der Waals surface area contributed by atoms with Crippen molar-refractivity contribution in [1.29, 1.82) is 5.26 Å². The Kier molecular flexibility index (Phi) is 5.17. The topological polar surface area (TPSA) is 50.6 Å². The van der Waals surface area contributed by atoms with Crippen LogP contribution < -0.4 is 0 Å². The first-order valence-electron chi connectivity index (χ1n) is 7.27. The summed E-state index contributed by atoms with van der Waals surface area (Å²) in [6.07, 6.45) is 2.65. The zero-order valence-corrected chi connectivity index (χ0v) is 11.8. The lowest BCUT2D eigenvalue weighted by atomic mass is 9.96. The minimum Gasteiger partial charge on any atom is -0.340 e. The van der Waals surface area contributed by atoms with Gasteiger partial charge >= 0.3 is 0 Å². The fourth-order valence-electron chi connectivity index (χ4n) is 2.95. The summed E-state index contributed by atoms with van der Waals surface area (Å²) in [5.41, 5.74) is 0. The minimum atomic E-state index is 0.149. The zero-order valence-electron chi connectivity index (χ0n) is 11.8. The maximum atomic E-state index is 12.5. The van der Waals surface area contributed by atoms with Gasteiger partial charge in [-0.15, -0.1) is 0 Å². The van der Waals surface area contributed by atoms with E-state index in [9.17, 15) is 4.79 Å². The lowest BCUT2D eigenvalue weighted by Gasteiger charge is -2.38. The molecule has 0 aromatic heterocycles. The number of amides is 1. The summed E-state index contributed by atoms with van der Waals surface area (Å²) in [6, 6.07) is 2.18. The van der Waals surface area contributed by atoms with Gasteiger partial charge < -0.3 is 14.7 Å². The molecule has 2 rings (SSSR count). The second-order valence-electron chi connectivity index (χ2n) is 5.68. The number of piperidine rings is 1. The average molecular weight is 264 g/mol. The van der Waals surface area contributed by atoms with Gasteiger partial charge in [0, 0.05) is 45.7 Å². The Hall–Kier alpha value is -1.12. The van der Waals surface area contributed by atoms with Gasteiger partial charge in [0.15, 0.2) is 0 Å². The predicted molar refractivity (Wildman–Crippen MR) is 73.5 cm³/mol. The number of likely N-dealkylation sites (N-methyl/N-ethyl adjacent to an activating group) is 1. The standard InChI is InChI=1S/C14H24N4O/c1-16-8-10-18(11-9-16)14(19)13-4-2-6-17(12-13)7-3-5-15/h13H,2-4,6-12H2,1H3. The first-order valence-corrected chi connectivity index (χ1v) is 7.27. The highest BCUT2D eigenvalue weighted by Crippen LogP contribution is 2.19. The molecule has 19 heavy (non-hydrogen) atoms. The maximum Gasteiger partial charge on any atom is 0.227 e. The highest BCUT2D eigenvalue weighted by molar-refractivity contribution is 5.79. The summed E-state index contributed by atoms with van der Waals surface area (Å²) < 4.78 is 0. The Morgan fingerprint density at radius 1 is 1.26 bits per heavy atom. The number of likely N-dealkylation sites (tertiary alicyclic amines) is 1. The van der Waals surface area contributed by atoms with Crippen LogP contribution in [0.5, 0.6) is 0 Å². The molecule has 2 fully saturated rings. The average Bonchev–Trinajstić information content (AvgIpc) is 2.45. The highest BCUT2D eigenvalue weighted by atomic mass is 16.2. The van der Waals surface area contributed by atoms with Crippen LogP contribution in [-0.2, 0) is 4.79 Å². The molecular formula is C14H24N4O. The molecule has 2 saturated heterocycles. The molecule has 0 N–H and O–H groups in total. The van der Waals surface area contributed by atoms with E-state index in [1.54, 1.807) is 0 Å². The van der Waals surface area contributed by atoms with E-state index in [0.29, 0.717) is 12.3 Å². The van der Waals surface area contributed by atoms with Gasteiger partial charge in [0.1, 0.15) is 0 Å². The normalized spacial score (nSPS) is 26.1. The summed E-state index contributed by atoms with van der Waals surface area (Å²) in [5, 5.41) is 8.64. The Labute approximate surface area is 115 Å². The molecule has 0 saturated carbocycles. The van der Waals surface area contributed by atoms with Crippen LogP contribution in [0.2, 0.25) is 0 Å². The molecule has 1 amide bonds. The molecule has 0 aliphatic carbocycles. The number of carbonyl (C=O) groups is 1. The second kappa shape index (κ2) is 6.88. The van der Waals surface area contributed by atoms with E-state index in [1.807, 2.05) is 4.90 Å². The third-order valence-corrected chi connectivity index (χ3v) is 4.21. The minimum absolute atomic E-state index is 0.149. The highest BCUT2D eigenvalue weighted by Gasteiger charge is 2.30. The molecule has 1 atom stereocenters. The molecule has 0 spiro atoms. The molecule has 1 unspecified atom stereocenters. The molecule has 0 aromatic rings. The maximum absolute atomic E-state index is 12.5. The van der Waals surface area contributed by atoms with E-state index in [2.05, 4.69) is 22.9 Å². The van der Waals surface area contributed by atoms with Crippen LogP contribution in [0.1, 0.15) is 19.3 Å². The molecule has 106 valence electrons. The summed E-state index contributed by atoms with van der Waals surface area (Å²) >= 11 is 0. The van der Waals surface area contributed by atoms with Gasteiger partial charge in [-0.25, -0.2) is 0 Å². The molecule has 2 aliphatic rings. The van der Waals surface area contributed by atoms with Crippen LogP contribution in [0.3, 0.4) is 0 Å². The molecule has 5 nitrogen and oxygen atoms in total. The lowest BCUT2D eigenvalue weighted by Crippen LogP contribution is -2.51. The number of hydrogen-bond acceptors (Lipinski definition) is 4. The Morgan fingerprint density at radius 2 is 2.00 bits per heavy atom. The van der Waals surface area contributed by atoms with Gasteiger partial charge in [-0.1, -0.05) is 0 Å². The zero-order chi connectivity index (χ0) is 13.7. The van der Waals surface area contributed by atoms with Crippen molar-refractivity contribution < 1.29 is 4.79 Å². The van der Waals surface area contributed by atoms with Gasteiger partial charge in [-0.2, -0.15) is 5.26 Å². The summed E-state index contributed by atoms with van der Waals surface area (Å²) in [6.45, 7) is 6.38. The van der Waals surface area contributed by atoms with Crippen LogP contribution in [-0.4, -0.2) is 73.5 Å². The van der Waals surface area contributed by atoms with Gasteiger partial charge in [0.2, 0.25) is 5.91 Å². The summed E-state index contributed by atoms with van der Waals surface area (Å²) in [5.74, 6) is 0.477. The van der Waals surface area contributed by atoms with Crippen LogP contribution >= 0.6 is 0 Å². The van der Waals surface area contributed by atoms with Gasteiger partial charge in [-0.3, -0.25) is 4.79 Å². The van der Waals surface area contributed by atoms with Gasteiger partial charge in [-0.05, 0) is 26.4 Å². The summed E-state index contributed by atoms with van der Waals surface area (Å²) in [4.78, 5) is 19.1. The fourth-order valence-corrected chi connectivity index (χ4v) is 2.95. The summed E-state index contributed by atoms with van der Waals surface area (Å²) in [7, 11) is 2.10. The van der Waals surface area contributed by atoms with E-state index < -0.39 is 0 Å². The van der Waals surface area contributed by atoms with Crippen molar-refractivity contribution in [2.24, 2.45) is 5.92 Å². The first kappa shape index (κ1) is 14.3. The molecule has 0 aromatic carbocycles. The molecule has 0 radical (unpaired) electrons.